The molecule has 1 aromatic rings. The largest absolute Gasteiger partial charge is 0.396 e. The van der Waals surface area contributed by atoms with E-state index in [1.165, 1.54) is 17.0 Å². The minimum absolute atomic E-state index is 0.285. The van der Waals surface area contributed by atoms with Gasteiger partial charge in [0.1, 0.15) is 0 Å². The second-order valence-corrected chi connectivity index (χ2v) is 4.31. The molecule has 0 atom stereocenters. The van der Waals surface area contributed by atoms with Crippen LogP contribution in [0.15, 0.2) is 12.1 Å². The smallest absolute Gasteiger partial charge is 0.321 e. The van der Waals surface area contributed by atoms with Gasteiger partial charge >= 0.3 is 6.03 Å². The van der Waals surface area contributed by atoms with E-state index in [0.29, 0.717) is 34.5 Å². The van der Waals surface area contributed by atoms with Gasteiger partial charge in [0, 0.05) is 25.8 Å². The average molecular weight is 277 g/mol. The van der Waals surface area contributed by atoms with Gasteiger partial charge in [0.15, 0.2) is 0 Å². The molecule has 94 valence electrons. The van der Waals surface area contributed by atoms with Gasteiger partial charge < -0.3 is 21.7 Å². The third kappa shape index (κ3) is 3.66. The lowest BCUT2D eigenvalue weighted by Crippen LogP contribution is -2.35. The molecule has 0 unspecified atom stereocenters. The minimum Gasteiger partial charge on any atom is -0.396 e. The molecule has 0 saturated heterocycles. The summed E-state index contributed by atoms with van der Waals surface area (Å²) in [6.45, 7) is 0.857. The van der Waals surface area contributed by atoms with Crippen molar-refractivity contribution < 1.29 is 4.79 Å². The Balaban J connectivity index is 2.79. The minimum atomic E-state index is -0.285. The number of benzene rings is 1. The summed E-state index contributed by atoms with van der Waals surface area (Å²) in [6, 6.07) is 2.79. The quantitative estimate of drug-likeness (QED) is 0.739. The zero-order chi connectivity index (χ0) is 13.0. The third-order valence-corrected chi connectivity index (χ3v) is 2.77. The lowest BCUT2D eigenvalue weighted by molar-refractivity contribution is 0.223. The molecule has 0 aliphatic carbocycles. The number of nitrogens with two attached hydrogens (primary N) is 2. The van der Waals surface area contributed by atoms with Crippen LogP contribution in [0.25, 0.3) is 0 Å². The molecular formula is C10H14Cl2N4O. The van der Waals surface area contributed by atoms with Crippen LogP contribution in [0.2, 0.25) is 10.0 Å². The number of carbonyl (C=O) groups is 1. The van der Waals surface area contributed by atoms with E-state index in [1.807, 2.05) is 0 Å². The molecule has 0 fully saturated rings. The fraction of sp³-hybridized carbons (Fsp3) is 0.300. The van der Waals surface area contributed by atoms with E-state index in [0.717, 1.165) is 0 Å². The molecule has 0 aliphatic heterocycles. The van der Waals surface area contributed by atoms with Crippen molar-refractivity contribution in [3.8, 4) is 0 Å². The Morgan fingerprint density at radius 1 is 1.41 bits per heavy atom. The molecule has 0 aliphatic rings. The Kier molecular flexibility index (Phi) is 4.86. The summed E-state index contributed by atoms with van der Waals surface area (Å²) in [7, 11) is 1.64. The van der Waals surface area contributed by atoms with Crippen molar-refractivity contribution in [2.45, 2.75) is 0 Å². The van der Waals surface area contributed by atoms with E-state index in [2.05, 4.69) is 5.32 Å². The first kappa shape index (κ1) is 13.9. The molecule has 1 rings (SSSR count). The molecule has 0 spiro atoms. The molecule has 5 N–H and O–H groups in total. The molecule has 0 aromatic heterocycles. The number of hydrogen-bond donors (Lipinski definition) is 3. The van der Waals surface area contributed by atoms with Crippen LogP contribution in [-0.2, 0) is 0 Å². The fourth-order valence-corrected chi connectivity index (χ4v) is 1.66. The number of halogens is 2. The van der Waals surface area contributed by atoms with E-state index in [1.54, 1.807) is 7.05 Å². The molecule has 0 bridgehead atoms. The Bertz CT molecular complexity index is 402. The summed E-state index contributed by atoms with van der Waals surface area (Å²) in [5, 5.41) is 3.24. The van der Waals surface area contributed by atoms with Crippen LogP contribution < -0.4 is 16.8 Å². The molecule has 0 radical (unpaired) electrons. The van der Waals surface area contributed by atoms with Gasteiger partial charge in [-0.3, -0.25) is 0 Å². The molecule has 0 heterocycles. The van der Waals surface area contributed by atoms with Gasteiger partial charge in [-0.25, -0.2) is 4.79 Å². The Hall–Kier alpha value is -1.17. The number of amides is 2. The van der Waals surface area contributed by atoms with Crippen molar-refractivity contribution in [1.82, 2.24) is 4.90 Å². The number of likely N-dealkylation sites (N-methyl/N-ethyl adjacent to an activating group) is 1. The Morgan fingerprint density at radius 3 is 2.41 bits per heavy atom. The first-order valence-corrected chi connectivity index (χ1v) is 5.68. The van der Waals surface area contributed by atoms with E-state index in [-0.39, 0.29) is 6.03 Å². The van der Waals surface area contributed by atoms with Crippen molar-refractivity contribution >= 4 is 40.6 Å². The predicted molar refractivity (Wildman–Crippen MR) is 71.6 cm³/mol. The molecule has 1 aromatic carbocycles. The van der Waals surface area contributed by atoms with Gasteiger partial charge in [-0.1, -0.05) is 23.2 Å². The van der Waals surface area contributed by atoms with E-state index in [4.69, 9.17) is 34.7 Å². The first-order chi connectivity index (χ1) is 7.95. The number of hydrogen-bond acceptors (Lipinski definition) is 3. The standard InChI is InChI=1S/C10H14Cl2N4O/c1-16(3-2-13)10(17)15-6-4-7(11)9(14)8(12)5-6/h4-5H,2-3,13-14H2,1H3,(H,15,17). The van der Waals surface area contributed by atoms with Crippen molar-refractivity contribution in [3.63, 3.8) is 0 Å². The van der Waals surface area contributed by atoms with Gasteiger partial charge in [0.2, 0.25) is 0 Å². The van der Waals surface area contributed by atoms with E-state index < -0.39 is 0 Å². The van der Waals surface area contributed by atoms with Crippen molar-refractivity contribution in [2.24, 2.45) is 5.73 Å². The molecule has 0 saturated carbocycles. The predicted octanol–water partition coefficient (Wildman–Crippen LogP) is 2.00. The summed E-state index contributed by atoms with van der Waals surface area (Å²) < 4.78 is 0. The van der Waals surface area contributed by atoms with Crippen molar-refractivity contribution in [1.29, 1.82) is 0 Å². The van der Waals surface area contributed by atoms with Gasteiger partial charge in [-0.15, -0.1) is 0 Å². The van der Waals surface area contributed by atoms with Gasteiger partial charge in [0.05, 0.1) is 15.7 Å². The maximum atomic E-state index is 11.7. The molecule has 17 heavy (non-hydrogen) atoms. The lowest BCUT2D eigenvalue weighted by Gasteiger charge is -2.17. The second kappa shape index (κ2) is 5.95. The highest BCUT2D eigenvalue weighted by molar-refractivity contribution is 6.39. The van der Waals surface area contributed by atoms with Crippen molar-refractivity contribution in [3.05, 3.63) is 22.2 Å². The van der Waals surface area contributed by atoms with Crippen LogP contribution in [-0.4, -0.2) is 31.1 Å². The van der Waals surface area contributed by atoms with Gasteiger partial charge in [-0.05, 0) is 12.1 Å². The maximum absolute atomic E-state index is 11.7. The summed E-state index contributed by atoms with van der Waals surface area (Å²) in [6.07, 6.45) is 0. The number of nitrogens with one attached hydrogen (secondary N) is 1. The van der Waals surface area contributed by atoms with Crippen LogP contribution in [0, 0.1) is 0 Å². The average Bonchev–Trinajstić information content (AvgIpc) is 2.26. The van der Waals surface area contributed by atoms with Crippen molar-refractivity contribution in [2.75, 3.05) is 31.2 Å². The highest BCUT2D eigenvalue weighted by atomic mass is 35.5. The number of rotatable bonds is 3. The monoisotopic (exact) mass is 276 g/mol. The van der Waals surface area contributed by atoms with Crippen LogP contribution >= 0.6 is 23.2 Å². The normalized spacial score (nSPS) is 10.1. The topological polar surface area (TPSA) is 84.4 Å². The van der Waals surface area contributed by atoms with Crippen LogP contribution in [0.3, 0.4) is 0 Å². The van der Waals surface area contributed by atoms with Crippen LogP contribution in [0.4, 0.5) is 16.2 Å². The number of nitrogen functional groups attached to an aromatic ring is 1. The molecule has 7 heteroatoms. The number of urea groups is 1. The molecular weight excluding hydrogens is 263 g/mol. The first-order valence-electron chi connectivity index (χ1n) is 4.92. The molecule has 5 nitrogen and oxygen atoms in total. The summed E-state index contributed by atoms with van der Waals surface area (Å²) >= 11 is 11.7. The maximum Gasteiger partial charge on any atom is 0.321 e. The zero-order valence-corrected chi connectivity index (χ0v) is 10.8. The Morgan fingerprint density at radius 2 is 1.94 bits per heavy atom. The number of nitrogens with zero attached hydrogens (tertiary/aromatic N) is 1. The van der Waals surface area contributed by atoms with Crippen LogP contribution in [0.1, 0.15) is 0 Å². The highest BCUT2D eigenvalue weighted by Crippen LogP contribution is 2.31. The summed E-state index contributed by atoms with van der Waals surface area (Å²) in [4.78, 5) is 13.1. The van der Waals surface area contributed by atoms with E-state index in [9.17, 15) is 4.79 Å². The van der Waals surface area contributed by atoms with Gasteiger partial charge in [0.25, 0.3) is 0 Å². The number of anilines is 2. The van der Waals surface area contributed by atoms with Gasteiger partial charge in [-0.2, -0.15) is 0 Å². The fourth-order valence-electron chi connectivity index (χ4n) is 1.17. The lowest BCUT2D eigenvalue weighted by atomic mass is 10.3. The second-order valence-electron chi connectivity index (χ2n) is 3.49. The number of carbonyl (C=O) groups excluding carboxylic acids is 1. The molecule has 2 amide bonds. The van der Waals surface area contributed by atoms with E-state index >= 15 is 0 Å². The van der Waals surface area contributed by atoms with Crippen LogP contribution in [0.5, 0.6) is 0 Å². The SMILES string of the molecule is CN(CCN)C(=O)Nc1cc(Cl)c(N)c(Cl)c1. The Labute approximate surface area is 110 Å². The highest BCUT2D eigenvalue weighted by Gasteiger charge is 2.10. The third-order valence-electron chi connectivity index (χ3n) is 2.14. The zero-order valence-electron chi connectivity index (χ0n) is 9.34. The summed E-state index contributed by atoms with van der Waals surface area (Å²) in [5.41, 5.74) is 11.7. The summed E-state index contributed by atoms with van der Waals surface area (Å²) in [5.74, 6) is 0.